The molecule has 0 bridgehead atoms. The van der Waals surface area contributed by atoms with E-state index < -0.39 is 5.60 Å². The van der Waals surface area contributed by atoms with Crippen LogP contribution in [0.1, 0.15) is 54.4 Å². The fourth-order valence-corrected chi connectivity index (χ4v) is 2.93. The molecule has 1 amide bonds. The minimum absolute atomic E-state index is 0.202. The summed E-state index contributed by atoms with van der Waals surface area (Å²) in [5.41, 5.74) is -0.442. The number of carbonyl (C=O) groups is 1. The summed E-state index contributed by atoms with van der Waals surface area (Å²) in [7, 11) is 1.84. The molecule has 0 spiro atoms. The van der Waals surface area contributed by atoms with Gasteiger partial charge in [0.15, 0.2) is 5.96 Å². The predicted molar refractivity (Wildman–Crippen MR) is 104 cm³/mol. The number of hydrogen-bond acceptors (Lipinski definition) is 3. The number of ether oxygens (including phenoxy) is 1. The molecule has 1 heterocycles. The number of amides is 1. The SMILES string of the molecule is CCN(CC1CCN(C(=NC)NCC(C)C)CC1)C(=O)OC(C)(C)C. The lowest BCUT2D eigenvalue weighted by Crippen LogP contribution is -2.48. The van der Waals surface area contributed by atoms with Crippen LogP contribution in [0.5, 0.6) is 0 Å². The molecule has 1 rings (SSSR count). The minimum atomic E-state index is -0.442. The van der Waals surface area contributed by atoms with Gasteiger partial charge < -0.3 is 19.9 Å². The third-order valence-electron chi connectivity index (χ3n) is 4.31. The van der Waals surface area contributed by atoms with E-state index in [4.69, 9.17) is 4.74 Å². The summed E-state index contributed by atoms with van der Waals surface area (Å²) < 4.78 is 5.51. The van der Waals surface area contributed by atoms with Crippen LogP contribution in [0.15, 0.2) is 4.99 Å². The summed E-state index contributed by atoms with van der Waals surface area (Å²) in [6, 6.07) is 0. The highest BCUT2D eigenvalue weighted by Crippen LogP contribution is 2.20. The van der Waals surface area contributed by atoms with E-state index in [0.29, 0.717) is 18.4 Å². The molecule has 0 unspecified atom stereocenters. The number of aliphatic imine (C=N–C) groups is 1. The van der Waals surface area contributed by atoms with Gasteiger partial charge in [-0.25, -0.2) is 4.79 Å². The zero-order chi connectivity index (χ0) is 19.0. The Bertz CT molecular complexity index is 435. The Kier molecular flexibility index (Phi) is 8.53. The highest BCUT2D eigenvalue weighted by atomic mass is 16.6. The number of nitrogens with zero attached hydrogens (tertiary/aromatic N) is 3. The monoisotopic (exact) mass is 354 g/mol. The van der Waals surface area contributed by atoms with E-state index in [1.807, 2.05) is 39.6 Å². The standard InChI is InChI=1S/C19H38N4O2/c1-8-22(18(24)25-19(4,5)6)14-16-9-11-23(12-10-16)17(20-7)21-13-15(2)3/h15-16H,8-14H2,1-7H3,(H,20,21). The van der Waals surface area contributed by atoms with Gasteiger partial charge in [-0.05, 0) is 52.4 Å². The van der Waals surface area contributed by atoms with Gasteiger partial charge in [-0.15, -0.1) is 0 Å². The number of guanidine groups is 1. The Morgan fingerprint density at radius 1 is 1.32 bits per heavy atom. The maximum atomic E-state index is 12.3. The van der Waals surface area contributed by atoms with E-state index in [0.717, 1.165) is 45.0 Å². The van der Waals surface area contributed by atoms with Gasteiger partial charge in [-0.1, -0.05) is 13.8 Å². The summed E-state index contributed by atoms with van der Waals surface area (Å²) >= 11 is 0. The maximum Gasteiger partial charge on any atom is 0.410 e. The lowest BCUT2D eigenvalue weighted by molar-refractivity contribution is 0.0214. The van der Waals surface area contributed by atoms with Gasteiger partial charge in [0, 0.05) is 39.8 Å². The van der Waals surface area contributed by atoms with Crippen LogP contribution in [0.2, 0.25) is 0 Å². The van der Waals surface area contributed by atoms with E-state index in [-0.39, 0.29) is 6.09 Å². The van der Waals surface area contributed by atoms with Crippen molar-refractivity contribution < 1.29 is 9.53 Å². The van der Waals surface area contributed by atoms with Gasteiger partial charge in [0.2, 0.25) is 0 Å². The second kappa shape index (κ2) is 9.88. The molecule has 0 aliphatic carbocycles. The largest absolute Gasteiger partial charge is 0.444 e. The van der Waals surface area contributed by atoms with E-state index in [2.05, 4.69) is 29.1 Å². The molecule has 0 aromatic rings. The fourth-order valence-electron chi connectivity index (χ4n) is 2.93. The van der Waals surface area contributed by atoms with Crippen molar-refractivity contribution in [3.63, 3.8) is 0 Å². The van der Waals surface area contributed by atoms with Gasteiger partial charge in [-0.3, -0.25) is 4.99 Å². The van der Waals surface area contributed by atoms with Crippen molar-refractivity contribution in [2.24, 2.45) is 16.8 Å². The van der Waals surface area contributed by atoms with E-state index in [1.54, 1.807) is 0 Å². The van der Waals surface area contributed by atoms with Crippen molar-refractivity contribution in [3.8, 4) is 0 Å². The van der Waals surface area contributed by atoms with Gasteiger partial charge in [0.1, 0.15) is 5.60 Å². The Balaban J connectivity index is 2.48. The number of nitrogens with one attached hydrogen (secondary N) is 1. The Morgan fingerprint density at radius 3 is 2.36 bits per heavy atom. The summed E-state index contributed by atoms with van der Waals surface area (Å²) in [5, 5.41) is 3.44. The lowest BCUT2D eigenvalue weighted by atomic mass is 9.96. The number of carbonyl (C=O) groups excluding carboxylic acids is 1. The second-order valence-electron chi connectivity index (χ2n) is 8.27. The van der Waals surface area contributed by atoms with Crippen LogP contribution in [-0.4, -0.2) is 67.2 Å². The van der Waals surface area contributed by atoms with Crippen molar-refractivity contribution in [2.75, 3.05) is 39.8 Å². The molecular formula is C19H38N4O2. The summed E-state index contributed by atoms with van der Waals surface area (Å²) in [4.78, 5) is 20.8. The van der Waals surface area contributed by atoms with Gasteiger partial charge in [0.25, 0.3) is 0 Å². The van der Waals surface area contributed by atoms with E-state index in [9.17, 15) is 4.79 Å². The summed E-state index contributed by atoms with van der Waals surface area (Å²) in [6.45, 7) is 16.5. The van der Waals surface area contributed by atoms with Crippen LogP contribution in [0.25, 0.3) is 0 Å². The topological polar surface area (TPSA) is 57.2 Å². The zero-order valence-electron chi connectivity index (χ0n) is 17.3. The molecule has 1 saturated heterocycles. The van der Waals surface area contributed by atoms with E-state index >= 15 is 0 Å². The van der Waals surface area contributed by atoms with E-state index in [1.165, 1.54) is 0 Å². The van der Waals surface area contributed by atoms with Crippen LogP contribution in [0, 0.1) is 11.8 Å². The second-order valence-corrected chi connectivity index (χ2v) is 8.27. The molecule has 1 N–H and O–H groups in total. The minimum Gasteiger partial charge on any atom is -0.444 e. The van der Waals surface area contributed by atoms with Crippen LogP contribution in [0.4, 0.5) is 4.79 Å². The smallest absolute Gasteiger partial charge is 0.410 e. The Hall–Kier alpha value is -1.46. The Labute approximate surface area is 154 Å². The molecule has 6 heteroatoms. The zero-order valence-corrected chi connectivity index (χ0v) is 17.3. The highest BCUT2D eigenvalue weighted by molar-refractivity contribution is 5.79. The Morgan fingerprint density at radius 2 is 1.92 bits per heavy atom. The highest BCUT2D eigenvalue weighted by Gasteiger charge is 2.27. The van der Waals surface area contributed by atoms with Crippen molar-refractivity contribution in [2.45, 2.75) is 60.0 Å². The summed E-state index contributed by atoms with van der Waals surface area (Å²) in [6.07, 6.45) is 1.94. The molecule has 0 atom stereocenters. The molecule has 146 valence electrons. The average molecular weight is 355 g/mol. The number of rotatable bonds is 5. The van der Waals surface area contributed by atoms with Crippen LogP contribution >= 0.6 is 0 Å². The molecule has 1 fully saturated rings. The quantitative estimate of drug-likeness (QED) is 0.608. The van der Waals surface area contributed by atoms with Crippen LogP contribution in [-0.2, 0) is 4.74 Å². The first-order valence-corrected chi connectivity index (χ1v) is 9.59. The first-order valence-electron chi connectivity index (χ1n) is 9.59. The molecule has 25 heavy (non-hydrogen) atoms. The molecule has 1 aliphatic heterocycles. The number of hydrogen-bond donors (Lipinski definition) is 1. The number of piperidine rings is 1. The third kappa shape index (κ3) is 7.97. The predicted octanol–water partition coefficient (Wildman–Crippen LogP) is 3.19. The summed E-state index contributed by atoms with van der Waals surface area (Å²) in [5.74, 6) is 2.11. The van der Waals surface area contributed by atoms with Gasteiger partial charge in [-0.2, -0.15) is 0 Å². The van der Waals surface area contributed by atoms with Crippen LogP contribution < -0.4 is 5.32 Å². The van der Waals surface area contributed by atoms with Crippen LogP contribution in [0.3, 0.4) is 0 Å². The van der Waals surface area contributed by atoms with Crippen molar-refractivity contribution in [3.05, 3.63) is 0 Å². The van der Waals surface area contributed by atoms with Gasteiger partial charge >= 0.3 is 6.09 Å². The lowest BCUT2D eigenvalue weighted by Gasteiger charge is -2.36. The van der Waals surface area contributed by atoms with Crippen molar-refractivity contribution >= 4 is 12.1 Å². The molecule has 0 aromatic heterocycles. The molecule has 6 nitrogen and oxygen atoms in total. The molecule has 0 saturated carbocycles. The number of likely N-dealkylation sites (tertiary alicyclic amines) is 1. The normalized spacial score (nSPS) is 17.0. The average Bonchev–Trinajstić information content (AvgIpc) is 2.52. The fraction of sp³-hybridized carbons (Fsp3) is 0.895. The molecule has 0 radical (unpaired) electrons. The van der Waals surface area contributed by atoms with Gasteiger partial charge in [0.05, 0.1) is 0 Å². The first-order chi connectivity index (χ1) is 11.7. The third-order valence-corrected chi connectivity index (χ3v) is 4.31. The molecule has 1 aliphatic rings. The maximum absolute atomic E-state index is 12.3. The molecular weight excluding hydrogens is 316 g/mol. The first kappa shape index (κ1) is 21.6. The van der Waals surface area contributed by atoms with Crippen molar-refractivity contribution in [1.29, 1.82) is 0 Å². The molecule has 0 aromatic carbocycles. The van der Waals surface area contributed by atoms with Crippen molar-refractivity contribution in [1.82, 2.24) is 15.1 Å².